The highest BCUT2D eigenvalue weighted by Gasteiger charge is 1.99. The van der Waals surface area contributed by atoms with Crippen LogP contribution in [-0.2, 0) is 4.84 Å². The van der Waals surface area contributed by atoms with Gasteiger partial charge in [0, 0.05) is 17.0 Å². The van der Waals surface area contributed by atoms with Gasteiger partial charge in [0.25, 0.3) is 0 Å². The molecule has 0 radical (unpaired) electrons. The minimum atomic E-state index is 0.567. The lowest BCUT2D eigenvalue weighted by atomic mass is 10.2. The van der Waals surface area contributed by atoms with Crippen LogP contribution in [0.1, 0.15) is 0 Å². The molecule has 4 heteroatoms. The summed E-state index contributed by atoms with van der Waals surface area (Å²) in [5.41, 5.74) is 0.943. The number of hydrogen-bond acceptors (Lipinski definition) is 3. The van der Waals surface area contributed by atoms with Crippen LogP contribution in [0.15, 0.2) is 29.0 Å². The minimum absolute atomic E-state index is 0.567. The molecule has 0 atom stereocenters. The molecule has 2 N–H and O–H groups in total. The van der Waals surface area contributed by atoms with Gasteiger partial charge in [-0.05, 0) is 0 Å². The van der Waals surface area contributed by atoms with Crippen molar-refractivity contribution in [1.82, 2.24) is 0 Å². The van der Waals surface area contributed by atoms with E-state index < -0.39 is 0 Å². The molecule has 0 fully saturated rings. The molecule has 0 unspecified atom stereocenters. The average molecular weight is 266 g/mol. The van der Waals surface area contributed by atoms with Crippen LogP contribution in [0.25, 0.3) is 0 Å². The van der Waals surface area contributed by atoms with Crippen LogP contribution in [0.5, 0.6) is 0 Å². The van der Waals surface area contributed by atoms with E-state index in [4.69, 9.17) is 5.90 Å². The van der Waals surface area contributed by atoms with Gasteiger partial charge in [-0.2, -0.15) is 5.90 Å². The van der Waals surface area contributed by atoms with Gasteiger partial charge in [0.1, 0.15) is 0 Å². The van der Waals surface area contributed by atoms with Gasteiger partial charge in [-0.25, -0.2) is 0 Å². The molecule has 0 aliphatic rings. The summed E-state index contributed by atoms with van der Waals surface area (Å²) in [6.45, 7) is 3.62. The maximum absolute atomic E-state index is 5.01. The fourth-order valence-corrected chi connectivity index (χ4v) is 1.21. The predicted octanol–water partition coefficient (Wildman–Crippen LogP) is 1.45. The largest absolute Gasteiger partial charge is 0.410 e. The number of allylic oxidation sites excluding steroid dienone is 3. The van der Waals surface area contributed by atoms with E-state index in [0.717, 1.165) is 10.0 Å². The Hall–Kier alpha value is -0.360. The van der Waals surface area contributed by atoms with E-state index in [1.54, 1.807) is 19.3 Å². The van der Waals surface area contributed by atoms with Crippen molar-refractivity contribution in [2.24, 2.45) is 10.9 Å². The van der Waals surface area contributed by atoms with Gasteiger partial charge in [0.15, 0.2) is 5.76 Å². The first-order valence-corrected chi connectivity index (χ1v) is 4.53. The molecular formula is C7H11IN2O. The summed E-state index contributed by atoms with van der Waals surface area (Å²) in [5.74, 6) is 5.58. The first kappa shape index (κ1) is 10.6. The van der Waals surface area contributed by atoms with Crippen LogP contribution in [-0.4, -0.2) is 17.7 Å². The molecule has 0 aromatic heterocycles. The van der Waals surface area contributed by atoms with Gasteiger partial charge in [-0.1, -0.05) is 35.2 Å². The highest BCUT2D eigenvalue weighted by Crippen LogP contribution is 2.07. The third-order valence-electron chi connectivity index (χ3n) is 1.08. The average Bonchev–Trinajstić information content (AvgIpc) is 2.05. The smallest absolute Gasteiger partial charge is 0.168 e. The van der Waals surface area contributed by atoms with Crippen LogP contribution in [0.4, 0.5) is 0 Å². The standard InChI is InChI=1S/C7H11IN2O/c1-3-6(4-8)7(11-9)5-10-2/h3,5H,1,4,9H2,2H3/b7-6-,10-5-. The summed E-state index contributed by atoms with van der Waals surface area (Å²) in [6.07, 6.45) is 3.27. The Balaban J connectivity index is 4.61. The molecule has 0 amide bonds. The van der Waals surface area contributed by atoms with Crippen molar-refractivity contribution in [3.8, 4) is 0 Å². The Labute approximate surface area is 80.1 Å². The van der Waals surface area contributed by atoms with Gasteiger partial charge in [0.05, 0.1) is 6.21 Å². The summed E-state index contributed by atoms with van der Waals surface area (Å²) in [4.78, 5) is 8.37. The molecule has 0 aliphatic heterocycles. The van der Waals surface area contributed by atoms with E-state index in [9.17, 15) is 0 Å². The van der Waals surface area contributed by atoms with E-state index in [0.29, 0.717) is 5.76 Å². The number of aliphatic imine (C=N–C) groups is 1. The number of nitrogens with zero attached hydrogens (tertiary/aromatic N) is 1. The quantitative estimate of drug-likeness (QED) is 0.209. The van der Waals surface area contributed by atoms with Crippen molar-refractivity contribution < 1.29 is 4.84 Å². The zero-order valence-corrected chi connectivity index (χ0v) is 8.54. The molecule has 11 heavy (non-hydrogen) atoms. The monoisotopic (exact) mass is 266 g/mol. The summed E-state index contributed by atoms with van der Waals surface area (Å²) >= 11 is 2.20. The maximum Gasteiger partial charge on any atom is 0.168 e. The summed E-state index contributed by atoms with van der Waals surface area (Å²) in [7, 11) is 1.66. The fraction of sp³-hybridized carbons (Fsp3) is 0.286. The van der Waals surface area contributed by atoms with Crippen molar-refractivity contribution >= 4 is 28.8 Å². The second-order valence-corrected chi connectivity index (χ2v) is 2.50. The van der Waals surface area contributed by atoms with E-state index in [2.05, 4.69) is 39.0 Å². The van der Waals surface area contributed by atoms with Crippen molar-refractivity contribution in [2.45, 2.75) is 0 Å². The molecule has 0 spiro atoms. The summed E-state index contributed by atoms with van der Waals surface area (Å²) in [6, 6.07) is 0. The summed E-state index contributed by atoms with van der Waals surface area (Å²) in [5, 5.41) is 0. The lowest BCUT2D eigenvalue weighted by molar-refractivity contribution is 0.240. The zero-order chi connectivity index (χ0) is 8.69. The molecule has 0 aliphatic carbocycles. The van der Waals surface area contributed by atoms with Crippen molar-refractivity contribution in [2.75, 3.05) is 11.5 Å². The lowest BCUT2D eigenvalue weighted by Crippen LogP contribution is -2.04. The van der Waals surface area contributed by atoms with Gasteiger partial charge < -0.3 is 4.84 Å². The van der Waals surface area contributed by atoms with E-state index in [1.807, 2.05) is 0 Å². The van der Waals surface area contributed by atoms with Gasteiger partial charge in [0.2, 0.25) is 0 Å². The second-order valence-electron chi connectivity index (χ2n) is 1.73. The number of alkyl halides is 1. The van der Waals surface area contributed by atoms with Gasteiger partial charge in [-0.3, -0.25) is 4.99 Å². The van der Waals surface area contributed by atoms with Gasteiger partial charge >= 0.3 is 0 Å². The van der Waals surface area contributed by atoms with Crippen LogP contribution in [0, 0.1) is 0 Å². The van der Waals surface area contributed by atoms with E-state index in [-0.39, 0.29) is 0 Å². The fourth-order valence-electron chi connectivity index (χ4n) is 0.527. The number of nitrogens with two attached hydrogens (primary N) is 1. The minimum Gasteiger partial charge on any atom is -0.410 e. The van der Waals surface area contributed by atoms with E-state index >= 15 is 0 Å². The third kappa shape index (κ3) is 3.52. The van der Waals surface area contributed by atoms with Crippen molar-refractivity contribution in [3.63, 3.8) is 0 Å². The second kappa shape index (κ2) is 6.36. The van der Waals surface area contributed by atoms with E-state index in [1.165, 1.54) is 0 Å². The van der Waals surface area contributed by atoms with Crippen molar-refractivity contribution in [3.05, 3.63) is 24.0 Å². The Morgan fingerprint density at radius 3 is 2.73 bits per heavy atom. The predicted molar refractivity (Wildman–Crippen MR) is 55.8 cm³/mol. The van der Waals surface area contributed by atoms with Crippen molar-refractivity contribution in [1.29, 1.82) is 0 Å². The highest BCUT2D eigenvalue weighted by molar-refractivity contribution is 14.1. The Morgan fingerprint density at radius 2 is 2.45 bits per heavy atom. The van der Waals surface area contributed by atoms with Crippen LogP contribution in [0.2, 0.25) is 0 Å². The third-order valence-corrected chi connectivity index (χ3v) is 1.90. The summed E-state index contributed by atoms with van der Waals surface area (Å²) < 4.78 is 0.805. The Morgan fingerprint density at radius 1 is 1.82 bits per heavy atom. The Kier molecular flexibility index (Phi) is 6.15. The number of hydrogen-bond donors (Lipinski definition) is 1. The first-order valence-electron chi connectivity index (χ1n) is 3.00. The maximum atomic E-state index is 5.01. The Bertz CT molecular complexity index is 187. The number of rotatable bonds is 4. The molecule has 0 rings (SSSR count). The normalized spacial score (nSPS) is 13.0. The highest BCUT2D eigenvalue weighted by atomic mass is 127. The molecule has 0 bridgehead atoms. The lowest BCUT2D eigenvalue weighted by Gasteiger charge is -2.01. The first-order chi connectivity index (χ1) is 5.29. The topological polar surface area (TPSA) is 47.6 Å². The van der Waals surface area contributed by atoms with Crippen LogP contribution in [0.3, 0.4) is 0 Å². The molecule has 3 nitrogen and oxygen atoms in total. The molecule has 0 aromatic carbocycles. The molecule has 0 saturated heterocycles. The molecule has 0 saturated carbocycles. The van der Waals surface area contributed by atoms with Crippen LogP contribution >= 0.6 is 22.6 Å². The molecule has 62 valence electrons. The zero-order valence-electron chi connectivity index (χ0n) is 6.38. The molecule has 0 heterocycles. The molecule has 0 aromatic rings. The number of halogens is 1. The van der Waals surface area contributed by atoms with Crippen LogP contribution < -0.4 is 5.90 Å². The molecular weight excluding hydrogens is 255 g/mol. The SMILES string of the molecule is C=C/C(CI)=C(\C=N/C)ON. The van der Waals surface area contributed by atoms with Gasteiger partial charge in [-0.15, -0.1) is 0 Å².